The van der Waals surface area contributed by atoms with E-state index < -0.39 is 10.0 Å². The Bertz CT molecular complexity index is 596. The van der Waals surface area contributed by atoms with Crippen LogP contribution in [0.2, 0.25) is 0 Å². The molecule has 1 saturated heterocycles. The third-order valence-electron chi connectivity index (χ3n) is 4.27. The number of hydrogen-bond donors (Lipinski definition) is 1. The Morgan fingerprint density at radius 2 is 1.90 bits per heavy atom. The Morgan fingerprint density at radius 3 is 2.60 bits per heavy atom. The van der Waals surface area contributed by atoms with Gasteiger partial charge in [-0.3, -0.25) is 0 Å². The number of aryl methyl sites for hydroxylation is 1. The molecule has 0 radical (unpaired) electrons. The lowest BCUT2D eigenvalue weighted by Gasteiger charge is -2.28. The van der Waals surface area contributed by atoms with Crippen LogP contribution < -0.4 is 5.73 Å². The van der Waals surface area contributed by atoms with Gasteiger partial charge in [0.15, 0.2) is 0 Å². The van der Waals surface area contributed by atoms with Gasteiger partial charge in [0.05, 0.1) is 5.69 Å². The molecule has 0 amide bonds. The average molecular weight is 296 g/mol. The van der Waals surface area contributed by atoms with Crippen molar-refractivity contribution in [2.75, 3.05) is 12.3 Å². The summed E-state index contributed by atoms with van der Waals surface area (Å²) in [4.78, 5) is 0.297. The second kappa shape index (κ2) is 5.74. The van der Waals surface area contributed by atoms with Crippen LogP contribution in [0.15, 0.2) is 17.0 Å². The molecule has 0 aliphatic carbocycles. The number of nitrogens with zero attached hydrogens (tertiary/aromatic N) is 1. The Kier molecular flexibility index (Phi) is 4.39. The van der Waals surface area contributed by atoms with Crippen LogP contribution in [0, 0.1) is 13.8 Å². The fraction of sp³-hybridized carbons (Fsp3) is 0.600. The Labute approximate surface area is 122 Å². The summed E-state index contributed by atoms with van der Waals surface area (Å²) in [5.74, 6) is 0. The van der Waals surface area contributed by atoms with Crippen LogP contribution >= 0.6 is 0 Å². The summed E-state index contributed by atoms with van der Waals surface area (Å²) in [6.45, 7) is 6.33. The van der Waals surface area contributed by atoms with Crippen LogP contribution in [0.3, 0.4) is 0 Å². The highest BCUT2D eigenvalue weighted by atomic mass is 32.2. The minimum absolute atomic E-state index is 0.0433. The summed E-state index contributed by atoms with van der Waals surface area (Å²) in [7, 11) is -3.51. The van der Waals surface area contributed by atoms with Crippen molar-refractivity contribution in [1.29, 1.82) is 0 Å². The first kappa shape index (κ1) is 15.3. The lowest BCUT2D eigenvalue weighted by Crippen LogP contribution is -2.38. The minimum atomic E-state index is -3.51. The van der Waals surface area contributed by atoms with Gasteiger partial charge >= 0.3 is 0 Å². The molecule has 112 valence electrons. The summed E-state index contributed by atoms with van der Waals surface area (Å²) in [5, 5.41) is 0. The quantitative estimate of drug-likeness (QED) is 0.854. The molecular weight excluding hydrogens is 272 g/mol. The normalized spacial score (nSPS) is 21.6. The maximum absolute atomic E-state index is 13.0. The van der Waals surface area contributed by atoms with Gasteiger partial charge in [-0.2, -0.15) is 4.31 Å². The van der Waals surface area contributed by atoms with Crippen LogP contribution in [-0.2, 0) is 10.0 Å². The van der Waals surface area contributed by atoms with Crippen molar-refractivity contribution in [2.45, 2.75) is 57.4 Å². The SMILES string of the molecule is Cc1ccc(N)c(S(=O)(=O)N2CCCCCC2C)c1C. The van der Waals surface area contributed by atoms with Gasteiger partial charge in [-0.1, -0.05) is 18.9 Å². The molecule has 0 aromatic heterocycles. The predicted octanol–water partition coefficient (Wildman–Crippen LogP) is 2.84. The van der Waals surface area contributed by atoms with Gasteiger partial charge in [0.25, 0.3) is 0 Å². The van der Waals surface area contributed by atoms with Crippen molar-refractivity contribution in [1.82, 2.24) is 4.31 Å². The third-order valence-corrected chi connectivity index (χ3v) is 6.48. The van der Waals surface area contributed by atoms with Crippen molar-refractivity contribution in [3.8, 4) is 0 Å². The van der Waals surface area contributed by atoms with Crippen molar-refractivity contribution in [3.63, 3.8) is 0 Å². The lowest BCUT2D eigenvalue weighted by atomic mass is 10.1. The summed E-state index contributed by atoms with van der Waals surface area (Å²) < 4.78 is 27.6. The van der Waals surface area contributed by atoms with Crippen molar-refractivity contribution < 1.29 is 8.42 Å². The molecule has 1 unspecified atom stereocenters. The van der Waals surface area contributed by atoms with Gasteiger partial charge in [-0.05, 0) is 50.8 Å². The largest absolute Gasteiger partial charge is 0.398 e. The van der Waals surface area contributed by atoms with Crippen molar-refractivity contribution in [3.05, 3.63) is 23.3 Å². The highest BCUT2D eigenvalue weighted by Crippen LogP contribution is 2.31. The molecule has 1 aromatic carbocycles. The molecule has 1 aliphatic rings. The van der Waals surface area contributed by atoms with E-state index in [1.54, 1.807) is 10.4 Å². The van der Waals surface area contributed by atoms with E-state index in [1.807, 2.05) is 26.8 Å². The van der Waals surface area contributed by atoms with E-state index in [0.29, 0.717) is 17.1 Å². The summed E-state index contributed by atoms with van der Waals surface area (Å²) in [6.07, 6.45) is 4.03. The number of hydrogen-bond acceptors (Lipinski definition) is 3. The molecular formula is C15H24N2O2S. The average Bonchev–Trinajstić information content (AvgIpc) is 2.59. The number of rotatable bonds is 2. The van der Waals surface area contributed by atoms with Crippen LogP contribution in [0.4, 0.5) is 5.69 Å². The summed E-state index contributed by atoms with van der Waals surface area (Å²) in [5.41, 5.74) is 8.04. The highest BCUT2D eigenvalue weighted by molar-refractivity contribution is 7.89. The molecule has 0 saturated carbocycles. The first-order chi connectivity index (χ1) is 9.35. The van der Waals surface area contributed by atoms with Crippen molar-refractivity contribution in [2.24, 2.45) is 0 Å². The standard InChI is InChI=1S/C15H24N2O2S/c1-11-8-9-14(16)15(13(11)3)20(18,19)17-10-6-4-5-7-12(17)2/h8-9,12H,4-7,10,16H2,1-3H3. The number of benzene rings is 1. The van der Waals surface area contributed by atoms with E-state index in [1.165, 1.54) is 0 Å². The minimum Gasteiger partial charge on any atom is -0.398 e. The number of sulfonamides is 1. The molecule has 1 atom stereocenters. The van der Waals surface area contributed by atoms with Crippen LogP contribution in [0.1, 0.15) is 43.7 Å². The molecule has 1 aliphatic heterocycles. The van der Waals surface area contributed by atoms with Gasteiger partial charge in [-0.15, -0.1) is 0 Å². The molecule has 2 N–H and O–H groups in total. The third kappa shape index (κ3) is 2.69. The number of anilines is 1. The number of nitrogen functional groups attached to an aromatic ring is 1. The van der Waals surface area contributed by atoms with E-state index >= 15 is 0 Å². The van der Waals surface area contributed by atoms with Gasteiger partial charge in [0, 0.05) is 12.6 Å². The van der Waals surface area contributed by atoms with Crippen LogP contribution in [0.5, 0.6) is 0 Å². The molecule has 1 fully saturated rings. The zero-order chi connectivity index (χ0) is 14.9. The summed E-state index contributed by atoms with van der Waals surface area (Å²) in [6, 6.07) is 3.61. The Morgan fingerprint density at radius 1 is 1.20 bits per heavy atom. The second-order valence-electron chi connectivity index (χ2n) is 5.74. The molecule has 1 aromatic rings. The van der Waals surface area contributed by atoms with E-state index in [9.17, 15) is 8.42 Å². The smallest absolute Gasteiger partial charge is 0.245 e. The molecule has 2 rings (SSSR count). The fourth-order valence-corrected chi connectivity index (χ4v) is 4.97. The van der Waals surface area contributed by atoms with Gasteiger partial charge < -0.3 is 5.73 Å². The maximum atomic E-state index is 13.0. The van der Waals surface area contributed by atoms with Gasteiger partial charge in [-0.25, -0.2) is 8.42 Å². The first-order valence-electron chi connectivity index (χ1n) is 7.23. The zero-order valence-corrected chi connectivity index (χ0v) is 13.3. The molecule has 0 spiro atoms. The zero-order valence-electron chi connectivity index (χ0n) is 12.5. The Hall–Kier alpha value is -1.07. The summed E-state index contributed by atoms with van der Waals surface area (Å²) >= 11 is 0. The van der Waals surface area contributed by atoms with Gasteiger partial charge in [0.1, 0.15) is 4.90 Å². The molecule has 0 bridgehead atoms. The topological polar surface area (TPSA) is 63.4 Å². The van der Waals surface area contributed by atoms with Crippen LogP contribution in [-0.4, -0.2) is 25.3 Å². The molecule has 5 heteroatoms. The van der Waals surface area contributed by atoms with Crippen LogP contribution in [0.25, 0.3) is 0 Å². The molecule has 1 heterocycles. The highest BCUT2D eigenvalue weighted by Gasteiger charge is 2.32. The first-order valence-corrected chi connectivity index (χ1v) is 8.67. The second-order valence-corrected chi connectivity index (χ2v) is 7.57. The van der Waals surface area contributed by atoms with Gasteiger partial charge in [0.2, 0.25) is 10.0 Å². The fourth-order valence-electron chi connectivity index (χ4n) is 2.88. The number of nitrogens with two attached hydrogens (primary N) is 1. The molecule has 20 heavy (non-hydrogen) atoms. The van der Waals surface area contributed by atoms with Crippen molar-refractivity contribution >= 4 is 15.7 Å². The predicted molar refractivity (Wildman–Crippen MR) is 82.2 cm³/mol. The molecule has 4 nitrogen and oxygen atoms in total. The maximum Gasteiger partial charge on any atom is 0.245 e. The van der Waals surface area contributed by atoms with E-state index in [2.05, 4.69) is 0 Å². The van der Waals surface area contributed by atoms with E-state index in [-0.39, 0.29) is 6.04 Å². The monoisotopic (exact) mass is 296 g/mol. The lowest BCUT2D eigenvalue weighted by molar-refractivity contribution is 0.342. The Balaban J connectivity index is 2.52. The van der Waals surface area contributed by atoms with E-state index in [0.717, 1.165) is 36.8 Å². The van der Waals surface area contributed by atoms with E-state index in [4.69, 9.17) is 5.73 Å².